The standard InChI is InChI=1S/C18H28N2O3.ClH/c1-22-18(9-12-19-13-10-18)17(21)20-11-5-6-14-23-15-16-7-3-2-4-8-16;/h2-4,7-8,19H,5-6,9-15H2,1H3,(H,20,21);1H. The van der Waals surface area contributed by atoms with Crippen molar-refractivity contribution in [1.29, 1.82) is 0 Å². The number of rotatable bonds is 9. The van der Waals surface area contributed by atoms with E-state index >= 15 is 0 Å². The summed E-state index contributed by atoms with van der Waals surface area (Å²) in [4.78, 5) is 12.3. The Morgan fingerprint density at radius 1 is 1.21 bits per heavy atom. The molecule has 0 atom stereocenters. The van der Waals surface area contributed by atoms with Gasteiger partial charge in [0.15, 0.2) is 0 Å². The third kappa shape index (κ3) is 6.40. The third-order valence-electron chi connectivity index (χ3n) is 4.33. The molecule has 1 aromatic carbocycles. The van der Waals surface area contributed by atoms with Crippen molar-refractivity contribution in [3.8, 4) is 0 Å². The number of amides is 1. The molecule has 0 unspecified atom stereocenters. The van der Waals surface area contributed by atoms with Gasteiger partial charge in [-0.15, -0.1) is 12.4 Å². The van der Waals surface area contributed by atoms with E-state index < -0.39 is 5.60 Å². The molecule has 6 heteroatoms. The van der Waals surface area contributed by atoms with Gasteiger partial charge in [0.1, 0.15) is 5.60 Å². The van der Waals surface area contributed by atoms with Crippen LogP contribution in [0.25, 0.3) is 0 Å². The highest BCUT2D eigenvalue weighted by Gasteiger charge is 2.39. The zero-order valence-corrected chi connectivity index (χ0v) is 15.2. The lowest BCUT2D eigenvalue weighted by atomic mass is 9.91. The Labute approximate surface area is 150 Å². The second kappa shape index (κ2) is 11.4. The molecule has 0 spiro atoms. The van der Waals surface area contributed by atoms with E-state index in [0.29, 0.717) is 19.8 Å². The largest absolute Gasteiger partial charge is 0.377 e. The van der Waals surface area contributed by atoms with Gasteiger partial charge in [0.2, 0.25) is 0 Å². The van der Waals surface area contributed by atoms with Crippen LogP contribution in [0.2, 0.25) is 0 Å². The van der Waals surface area contributed by atoms with Crippen molar-refractivity contribution in [1.82, 2.24) is 10.6 Å². The molecule has 5 nitrogen and oxygen atoms in total. The van der Waals surface area contributed by atoms with Crippen molar-refractivity contribution >= 4 is 18.3 Å². The van der Waals surface area contributed by atoms with Gasteiger partial charge >= 0.3 is 0 Å². The van der Waals surface area contributed by atoms with Gasteiger partial charge in [0.05, 0.1) is 6.61 Å². The third-order valence-corrected chi connectivity index (χ3v) is 4.33. The molecule has 1 amide bonds. The Balaban J connectivity index is 0.00000288. The first-order valence-corrected chi connectivity index (χ1v) is 8.43. The highest BCUT2D eigenvalue weighted by molar-refractivity contribution is 5.85. The van der Waals surface area contributed by atoms with E-state index in [0.717, 1.165) is 38.8 Å². The van der Waals surface area contributed by atoms with Crippen LogP contribution < -0.4 is 10.6 Å². The summed E-state index contributed by atoms with van der Waals surface area (Å²) in [5.41, 5.74) is 0.545. The van der Waals surface area contributed by atoms with Crippen molar-refractivity contribution in [2.75, 3.05) is 33.4 Å². The Hall–Kier alpha value is -1.14. The van der Waals surface area contributed by atoms with Gasteiger partial charge in [-0.3, -0.25) is 4.79 Å². The summed E-state index contributed by atoms with van der Waals surface area (Å²) in [5.74, 6) is 0.0201. The summed E-state index contributed by atoms with van der Waals surface area (Å²) in [7, 11) is 1.63. The summed E-state index contributed by atoms with van der Waals surface area (Å²) in [6.45, 7) is 3.69. The molecule has 1 heterocycles. The smallest absolute Gasteiger partial charge is 0.252 e. The Bertz CT molecular complexity index is 465. The molecule has 2 N–H and O–H groups in total. The molecule has 1 aliphatic heterocycles. The number of carbonyl (C=O) groups is 1. The average Bonchev–Trinajstić information content (AvgIpc) is 2.62. The molecule has 1 fully saturated rings. The number of carbonyl (C=O) groups excluding carboxylic acids is 1. The van der Waals surface area contributed by atoms with E-state index in [2.05, 4.69) is 22.8 Å². The minimum Gasteiger partial charge on any atom is -0.377 e. The maximum atomic E-state index is 12.3. The summed E-state index contributed by atoms with van der Waals surface area (Å²) in [6, 6.07) is 10.1. The van der Waals surface area contributed by atoms with Gasteiger partial charge in [-0.05, 0) is 44.3 Å². The van der Waals surface area contributed by atoms with E-state index in [4.69, 9.17) is 9.47 Å². The molecular weight excluding hydrogens is 328 g/mol. The maximum absolute atomic E-state index is 12.3. The van der Waals surface area contributed by atoms with Crippen LogP contribution in [-0.2, 0) is 20.9 Å². The average molecular weight is 357 g/mol. The van der Waals surface area contributed by atoms with E-state index in [9.17, 15) is 4.79 Å². The molecule has 0 saturated carbocycles. The van der Waals surface area contributed by atoms with Crippen LogP contribution >= 0.6 is 12.4 Å². The van der Waals surface area contributed by atoms with Gasteiger partial charge in [-0.2, -0.15) is 0 Å². The van der Waals surface area contributed by atoms with Crippen molar-refractivity contribution in [3.63, 3.8) is 0 Å². The number of halogens is 1. The van der Waals surface area contributed by atoms with Crippen molar-refractivity contribution in [2.45, 2.75) is 37.9 Å². The lowest BCUT2D eigenvalue weighted by molar-refractivity contribution is -0.146. The molecule has 136 valence electrons. The monoisotopic (exact) mass is 356 g/mol. The fraction of sp³-hybridized carbons (Fsp3) is 0.611. The first-order chi connectivity index (χ1) is 11.3. The van der Waals surface area contributed by atoms with E-state index in [1.54, 1.807) is 7.11 Å². The summed E-state index contributed by atoms with van der Waals surface area (Å²) in [6.07, 6.45) is 3.32. The van der Waals surface area contributed by atoms with Crippen molar-refractivity contribution in [2.24, 2.45) is 0 Å². The first kappa shape index (κ1) is 20.9. The quantitative estimate of drug-likeness (QED) is 0.666. The van der Waals surface area contributed by atoms with Gasteiger partial charge in [0.25, 0.3) is 5.91 Å². The number of hydrogen-bond donors (Lipinski definition) is 2. The van der Waals surface area contributed by atoms with Gasteiger partial charge < -0.3 is 20.1 Å². The number of hydrogen-bond acceptors (Lipinski definition) is 4. The highest BCUT2D eigenvalue weighted by atomic mass is 35.5. The number of benzene rings is 1. The predicted molar refractivity (Wildman–Crippen MR) is 97.4 cm³/mol. The SMILES string of the molecule is COC1(C(=O)NCCCCOCc2ccccc2)CCNCC1.Cl. The van der Waals surface area contributed by atoms with E-state index in [1.807, 2.05) is 18.2 Å². The summed E-state index contributed by atoms with van der Waals surface area (Å²) >= 11 is 0. The van der Waals surface area contributed by atoms with Crippen LogP contribution in [-0.4, -0.2) is 44.9 Å². The van der Waals surface area contributed by atoms with Crippen LogP contribution in [0.5, 0.6) is 0 Å². The molecule has 1 saturated heterocycles. The zero-order valence-electron chi connectivity index (χ0n) is 14.4. The Kier molecular flexibility index (Phi) is 9.95. The number of nitrogens with one attached hydrogen (secondary N) is 2. The van der Waals surface area contributed by atoms with E-state index in [-0.39, 0.29) is 18.3 Å². The Morgan fingerprint density at radius 3 is 2.58 bits per heavy atom. The van der Waals surface area contributed by atoms with Gasteiger partial charge in [-0.1, -0.05) is 30.3 Å². The molecule has 1 aromatic rings. The molecule has 0 bridgehead atoms. The minimum absolute atomic E-state index is 0. The van der Waals surface area contributed by atoms with E-state index in [1.165, 1.54) is 5.56 Å². The van der Waals surface area contributed by atoms with Gasteiger partial charge in [0, 0.05) is 20.3 Å². The number of methoxy groups -OCH3 is 1. The van der Waals surface area contributed by atoms with Crippen molar-refractivity contribution in [3.05, 3.63) is 35.9 Å². The number of unbranched alkanes of at least 4 members (excludes halogenated alkanes) is 1. The normalized spacial score (nSPS) is 16.2. The zero-order chi connectivity index (χ0) is 16.4. The summed E-state index contributed by atoms with van der Waals surface area (Å²) < 4.78 is 11.1. The summed E-state index contributed by atoms with van der Waals surface area (Å²) in [5, 5.41) is 6.26. The molecular formula is C18H29ClN2O3. The number of piperidine rings is 1. The highest BCUT2D eigenvalue weighted by Crippen LogP contribution is 2.22. The molecule has 0 radical (unpaired) electrons. The molecule has 1 aliphatic rings. The van der Waals surface area contributed by atoms with Crippen LogP contribution in [0.3, 0.4) is 0 Å². The van der Waals surface area contributed by atoms with Gasteiger partial charge in [-0.25, -0.2) is 0 Å². The number of ether oxygens (including phenoxy) is 2. The van der Waals surface area contributed by atoms with Crippen LogP contribution in [0.1, 0.15) is 31.2 Å². The van der Waals surface area contributed by atoms with Crippen LogP contribution in [0.4, 0.5) is 0 Å². The topological polar surface area (TPSA) is 59.6 Å². The van der Waals surface area contributed by atoms with Crippen LogP contribution in [0, 0.1) is 0 Å². The fourth-order valence-corrected chi connectivity index (χ4v) is 2.81. The second-order valence-electron chi connectivity index (χ2n) is 5.95. The minimum atomic E-state index is -0.644. The maximum Gasteiger partial charge on any atom is 0.252 e. The molecule has 0 aliphatic carbocycles. The molecule has 24 heavy (non-hydrogen) atoms. The lowest BCUT2D eigenvalue weighted by Crippen LogP contribution is -2.54. The molecule has 0 aromatic heterocycles. The fourth-order valence-electron chi connectivity index (χ4n) is 2.81. The van der Waals surface area contributed by atoms with Crippen LogP contribution in [0.15, 0.2) is 30.3 Å². The first-order valence-electron chi connectivity index (χ1n) is 8.43. The van der Waals surface area contributed by atoms with Crippen molar-refractivity contribution < 1.29 is 14.3 Å². The second-order valence-corrected chi connectivity index (χ2v) is 5.95. The molecule has 2 rings (SSSR count). The predicted octanol–water partition coefficient (Wildman–Crippen LogP) is 2.29. The lowest BCUT2D eigenvalue weighted by Gasteiger charge is -2.34. The Morgan fingerprint density at radius 2 is 1.92 bits per heavy atom.